The Labute approximate surface area is 73.9 Å². The molecule has 0 saturated heterocycles. The van der Waals surface area contributed by atoms with Gasteiger partial charge in [0.1, 0.15) is 0 Å². The molecule has 0 aliphatic rings. The first kappa shape index (κ1) is 9.49. The third-order valence-corrected chi connectivity index (χ3v) is 4.12. The van der Waals surface area contributed by atoms with Crippen LogP contribution in [0.3, 0.4) is 0 Å². The Morgan fingerprint density at radius 3 is 1.88 bits per heavy atom. The van der Waals surface area contributed by atoms with E-state index in [9.17, 15) is 0 Å². The number of thiol groups is 3. The first-order chi connectivity index (χ1) is 3.72. The number of hydrogen-bond acceptors (Lipinski definition) is 5. The lowest BCUT2D eigenvalue weighted by molar-refractivity contribution is 2.34. The van der Waals surface area contributed by atoms with Crippen LogP contribution < -0.4 is 0 Å². The Bertz CT molecular complexity index is 85.8. The fourth-order valence-corrected chi connectivity index (χ4v) is 2.93. The first-order valence-corrected chi connectivity index (χ1v) is 5.68. The standard InChI is InChI=1S/C3H6S5/c1-7-3(8-6)2(4)5/h4-6H,1H3. The maximum Gasteiger partial charge on any atom is 0.0701 e. The van der Waals surface area contributed by atoms with Gasteiger partial charge < -0.3 is 0 Å². The Morgan fingerprint density at radius 2 is 1.88 bits per heavy atom. The summed E-state index contributed by atoms with van der Waals surface area (Å²) in [6.07, 6.45) is 1.96. The summed E-state index contributed by atoms with van der Waals surface area (Å²) in [4.78, 5) is 0. The molecular weight excluding hydrogens is 196 g/mol. The lowest BCUT2D eigenvalue weighted by Crippen LogP contribution is -1.61. The monoisotopic (exact) mass is 202 g/mol. The molecule has 0 rings (SSSR count). The smallest absolute Gasteiger partial charge is 0.0701 e. The van der Waals surface area contributed by atoms with E-state index in [4.69, 9.17) is 0 Å². The number of thioether (sulfide) groups is 1. The largest absolute Gasteiger partial charge is 0.135 e. The lowest BCUT2D eigenvalue weighted by atomic mass is 11.2. The van der Waals surface area contributed by atoms with Crippen molar-refractivity contribution in [1.29, 1.82) is 0 Å². The number of hydrogen-bond donors (Lipinski definition) is 3. The van der Waals surface area contributed by atoms with Gasteiger partial charge >= 0.3 is 0 Å². The molecule has 0 spiro atoms. The molecule has 0 heterocycles. The van der Waals surface area contributed by atoms with E-state index in [1.807, 2.05) is 6.26 Å². The summed E-state index contributed by atoms with van der Waals surface area (Å²) in [5.74, 6) is 0. The van der Waals surface area contributed by atoms with Gasteiger partial charge in [-0.1, -0.05) is 10.8 Å². The molecule has 0 unspecified atom stereocenters. The van der Waals surface area contributed by atoms with E-state index < -0.39 is 0 Å². The molecule has 0 saturated carbocycles. The maximum absolute atomic E-state index is 4.01. The molecule has 0 aromatic heterocycles. The van der Waals surface area contributed by atoms with Gasteiger partial charge in [-0.3, -0.25) is 0 Å². The highest BCUT2D eigenvalue weighted by Crippen LogP contribution is 2.34. The van der Waals surface area contributed by atoms with Crippen molar-refractivity contribution in [2.45, 2.75) is 0 Å². The number of rotatable bonds is 2. The van der Waals surface area contributed by atoms with E-state index in [0.29, 0.717) is 0 Å². The predicted octanol–water partition coefficient (Wildman–Crippen LogP) is 2.91. The van der Waals surface area contributed by atoms with E-state index in [-0.39, 0.29) is 0 Å². The minimum Gasteiger partial charge on any atom is -0.135 e. The zero-order valence-electron chi connectivity index (χ0n) is 4.16. The minimum atomic E-state index is 0.734. The highest BCUT2D eigenvalue weighted by atomic mass is 33.1. The summed E-state index contributed by atoms with van der Waals surface area (Å²) < 4.78 is 1.76. The summed E-state index contributed by atoms with van der Waals surface area (Å²) in [5.41, 5.74) is 0. The van der Waals surface area contributed by atoms with Crippen LogP contribution in [0.4, 0.5) is 0 Å². The van der Waals surface area contributed by atoms with Gasteiger partial charge in [0, 0.05) is 0 Å². The Kier molecular flexibility index (Phi) is 6.27. The molecule has 0 nitrogen and oxygen atoms in total. The van der Waals surface area contributed by atoms with Crippen molar-refractivity contribution >= 4 is 59.5 Å². The van der Waals surface area contributed by atoms with Crippen molar-refractivity contribution in [2.24, 2.45) is 0 Å². The van der Waals surface area contributed by atoms with Crippen molar-refractivity contribution in [3.63, 3.8) is 0 Å². The molecule has 5 heteroatoms. The van der Waals surface area contributed by atoms with Crippen LogP contribution in [0.25, 0.3) is 0 Å². The molecule has 0 fully saturated rings. The van der Waals surface area contributed by atoms with E-state index in [1.165, 1.54) is 10.8 Å². The molecule has 0 radical (unpaired) electrons. The highest BCUT2D eigenvalue weighted by molar-refractivity contribution is 8.72. The summed E-state index contributed by atoms with van der Waals surface area (Å²) in [6.45, 7) is 0. The maximum atomic E-state index is 4.01. The van der Waals surface area contributed by atoms with Gasteiger partial charge in [-0.2, -0.15) is 0 Å². The molecular formula is C3H6S5. The lowest BCUT2D eigenvalue weighted by Gasteiger charge is -1.96. The fraction of sp³-hybridized carbons (Fsp3) is 0.333. The molecule has 8 heavy (non-hydrogen) atoms. The highest BCUT2D eigenvalue weighted by Gasteiger charge is 1.94. The average molecular weight is 202 g/mol. The van der Waals surface area contributed by atoms with Crippen LogP contribution in [0, 0.1) is 0 Å². The SMILES string of the molecule is CSC(SS)=C(S)S. The van der Waals surface area contributed by atoms with Crippen LogP contribution in [0.15, 0.2) is 8.47 Å². The van der Waals surface area contributed by atoms with Gasteiger partial charge in [0.05, 0.1) is 8.47 Å². The van der Waals surface area contributed by atoms with Crippen LogP contribution in [0.2, 0.25) is 0 Å². The summed E-state index contributed by atoms with van der Waals surface area (Å²) in [7, 11) is 1.36. The minimum absolute atomic E-state index is 0.734. The quantitative estimate of drug-likeness (QED) is 0.465. The molecule has 0 aromatic carbocycles. The Hall–Kier alpha value is 1.49. The van der Waals surface area contributed by atoms with Gasteiger partial charge in [-0.05, 0) is 6.26 Å². The van der Waals surface area contributed by atoms with E-state index in [2.05, 4.69) is 36.9 Å². The molecule has 48 valence electrons. The van der Waals surface area contributed by atoms with Crippen molar-refractivity contribution in [3.05, 3.63) is 8.47 Å². The topological polar surface area (TPSA) is 0 Å². The average Bonchev–Trinajstić information content (AvgIpc) is 1.69. The van der Waals surface area contributed by atoms with E-state index in [1.54, 1.807) is 11.8 Å². The Balaban J connectivity index is 3.86. The van der Waals surface area contributed by atoms with Crippen LogP contribution in [0.1, 0.15) is 0 Å². The zero-order valence-corrected chi connectivity index (χ0v) is 8.47. The van der Waals surface area contributed by atoms with Crippen LogP contribution in [-0.4, -0.2) is 6.26 Å². The van der Waals surface area contributed by atoms with Gasteiger partial charge in [0.25, 0.3) is 0 Å². The van der Waals surface area contributed by atoms with Crippen LogP contribution in [-0.2, 0) is 0 Å². The van der Waals surface area contributed by atoms with Crippen LogP contribution in [0.5, 0.6) is 0 Å². The van der Waals surface area contributed by atoms with Crippen molar-refractivity contribution < 1.29 is 0 Å². The summed E-state index contributed by atoms with van der Waals surface area (Å²) in [5, 5.41) is 0. The second kappa shape index (κ2) is 5.29. The van der Waals surface area contributed by atoms with Gasteiger partial charge in [0.15, 0.2) is 0 Å². The second-order valence-electron chi connectivity index (χ2n) is 0.906. The van der Waals surface area contributed by atoms with E-state index in [0.717, 1.165) is 8.47 Å². The molecule has 0 aliphatic heterocycles. The van der Waals surface area contributed by atoms with Crippen molar-refractivity contribution in [1.82, 2.24) is 0 Å². The Morgan fingerprint density at radius 1 is 1.38 bits per heavy atom. The van der Waals surface area contributed by atoms with Gasteiger partial charge in [0.2, 0.25) is 0 Å². The molecule has 0 amide bonds. The van der Waals surface area contributed by atoms with Crippen molar-refractivity contribution in [3.8, 4) is 0 Å². The molecule has 0 aromatic rings. The third kappa shape index (κ3) is 3.50. The zero-order chi connectivity index (χ0) is 6.57. The summed E-state index contributed by atoms with van der Waals surface area (Å²) in [6, 6.07) is 0. The third-order valence-electron chi connectivity index (χ3n) is 0.451. The second-order valence-corrected chi connectivity index (χ2v) is 4.37. The molecule has 0 N–H and O–H groups in total. The van der Waals surface area contributed by atoms with Gasteiger partial charge in [-0.25, -0.2) is 0 Å². The van der Waals surface area contributed by atoms with Crippen molar-refractivity contribution in [2.75, 3.05) is 6.26 Å². The van der Waals surface area contributed by atoms with Gasteiger partial charge in [-0.15, -0.1) is 48.7 Å². The first-order valence-electron chi connectivity index (χ1n) is 1.70. The van der Waals surface area contributed by atoms with Crippen LogP contribution >= 0.6 is 59.5 Å². The molecule has 0 atom stereocenters. The molecule has 0 bridgehead atoms. The summed E-state index contributed by atoms with van der Waals surface area (Å²) >= 11 is 13.6. The predicted molar refractivity (Wildman–Crippen MR) is 55.1 cm³/mol. The van der Waals surface area contributed by atoms with E-state index >= 15 is 0 Å². The molecule has 0 aliphatic carbocycles. The normalized spacial score (nSPS) is 9.00. The fourth-order valence-electron chi connectivity index (χ4n) is 0.169.